The Kier molecular flexibility index (Phi) is 6.27. The first-order valence-corrected chi connectivity index (χ1v) is 7.51. The Morgan fingerprint density at radius 2 is 1.83 bits per heavy atom. The smallest absolute Gasteiger partial charge is 0.408 e. The number of ether oxygens (including phenoxy) is 1. The molecule has 0 saturated heterocycles. The van der Waals surface area contributed by atoms with Crippen molar-refractivity contribution >= 4 is 17.7 Å². The summed E-state index contributed by atoms with van der Waals surface area (Å²) in [7, 11) is 0. The summed E-state index contributed by atoms with van der Waals surface area (Å²) in [6.45, 7) is 6.81. The predicted octanol–water partition coefficient (Wildman–Crippen LogP) is 3.07. The van der Waals surface area contributed by atoms with Crippen LogP contribution < -0.4 is 5.32 Å². The van der Waals surface area contributed by atoms with Crippen LogP contribution in [-0.4, -0.2) is 33.7 Å². The molecule has 0 radical (unpaired) electrons. The molecule has 0 fully saturated rings. The summed E-state index contributed by atoms with van der Waals surface area (Å²) in [4.78, 5) is 33.6. The van der Waals surface area contributed by atoms with E-state index in [0.29, 0.717) is 12.0 Å². The Hall–Kier alpha value is -2.64. The summed E-state index contributed by atoms with van der Waals surface area (Å²) in [5.41, 5.74) is -0.241. The van der Waals surface area contributed by atoms with Crippen molar-refractivity contribution in [1.29, 1.82) is 0 Å². The number of carbonyl (C=O) groups is 2. The zero-order chi connectivity index (χ0) is 18.5. The zero-order valence-corrected chi connectivity index (χ0v) is 14.1. The van der Waals surface area contributed by atoms with E-state index in [9.17, 15) is 24.8 Å². The summed E-state index contributed by atoms with van der Waals surface area (Å²) in [5, 5.41) is 22.5. The van der Waals surface area contributed by atoms with E-state index in [1.165, 1.54) is 24.3 Å². The van der Waals surface area contributed by atoms with Gasteiger partial charge in [-0.1, -0.05) is 19.1 Å². The van der Waals surface area contributed by atoms with Gasteiger partial charge < -0.3 is 15.2 Å². The first kappa shape index (κ1) is 19.4. The number of carboxylic acids is 1. The maximum atomic E-state index is 11.9. The lowest BCUT2D eigenvalue weighted by Crippen LogP contribution is -2.46. The third kappa shape index (κ3) is 5.53. The van der Waals surface area contributed by atoms with Gasteiger partial charge in [0.25, 0.3) is 5.69 Å². The fourth-order valence-corrected chi connectivity index (χ4v) is 2.28. The molecule has 2 atom stereocenters. The highest BCUT2D eigenvalue weighted by Gasteiger charge is 2.31. The third-order valence-corrected chi connectivity index (χ3v) is 3.31. The molecule has 0 bridgehead atoms. The highest BCUT2D eigenvalue weighted by molar-refractivity contribution is 5.81. The van der Waals surface area contributed by atoms with E-state index in [-0.39, 0.29) is 5.69 Å². The number of nitrogens with zero attached hydrogens (tertiary/aromatic N) is 1. The number of hydrogen-bond acceptors (Lipinski definition) is 5. The van der Waals surface area contributed by atoms with Crippen LogP contribution in [0.15, 0.2) is 24.3 Å². The molecule has 2 unspecified atom stereocenters. The first-order chi connectivity index (χ1) is 11.0. The molecule has 0 spiro atoms. The molecule has 0 aliphatic rings. The molecule has 24 heavy (non-hydrogen) atoms. The van der Waals surface area contributed by atoms with Crippen LogP contribution in [0.5, 0.6) is 0 Å². The van der Waals surface area contributed by atoms with Gasteiger partial charge in [0.2, 0.25) is 0 Å². The predicted molar refractivity (Wildman–Crippen MR) is 86.9 cm³/mol. The molecule has 0 aliphatic heterocycles. The molecule has 1 amide bonds. The van der Waals surface area contributed by atoms with Gasteiger partial charge in [-0.05, 0) is 32.8 Å². The molecular weight excluding hydrogens is 316 g/mol. The number of hydrogen-bond donors (Lipinski definition) is 2. The van der Waals surface area contributed by atoms with Gasteiger partial charge >= 0.3 is 12.1 Å². The second kappa shape index (κ2) is 7.76. The number of carboxylic acid groups (broad SMARTS) is 1. The van der Waals surface area contributed by atoms with E-state index in [1.54, 1.807) is 27.7 Å². The van der Waals surface area contributed by atoms with Crippen molar-refractivity contribution in [3.05, 3.63) is 39.9 Å². The lowest BCUT2D eigenvalue weighted by atomic mass is 9.89. The number of amides is 1. The monoisotopic (exact) mass is 338 g/mol. The number of nitro groups is 1. The summed E-state index contributed by atoms with van der Waals surface area (Å²) in [6, 6.07) is 4.42. The molecule has 1 aromatic rings. The second-order valence-electron chi connectivity index (χ2n) is 6.33. The largest absolute Gasteiger partial charge is 0.480 e. The molecular formula is C16H22N2O6. The van der Waals surface area contributed by atoms with Gasteiger partial charge in [-0.2, -0.15) is 0 Å². The van der Waals surface area contributed by atoms with E-state index in [1.807, 2.05) is 0 Å². The lowest BCUT2D eigenvalue weighted by molar-refractivity contribution is -0.384. The van der Waals surface area contributed by atoms with Crippen LogP contribution in [-0.2, 0) is 9.53 Å². The van der Waals surface area contributed by atoms with Crippen LogP contribution in [0, 0.1) is 10.1 Å². The fraction of sp³-hybridized carbons (Fsp3) is 0.500. The third-order valence-electron chi connectivity index (χ3n) is 3.31. The lowest BCUT2D eigenvalue weighted by Gasteiger charge is -2.26. The van der Waals surface area contributed by atoms with Crippen LogP contribution in [0.4, 0.5) is 10.5 Å². The summed E-state index contributed by atoms with van der Waals surface area (Å²) in [5.74, 6) is -1.75. The van der Waals surface area contributed by atoms with E-state index < -0.39 is 34.5 Å². The highest BCUT2D eigenvalue weighted by Crippen LogP contribution is 2.26. The summed E-state index contributed by atoms with van der Waals surface area (Å²) < 4.78 is 5.10. The van der Waals surface area contributed by atoms with E-state index in [4.69, 9.17) is 4.74 Å². The molecule has 8 heteroatoms. The van der Waals surface area contributed by atoms with E-state index in [2.05, 4.69) is 5.32 Å². The number of rotatable bonds is 6. The van der Waals surface area contributed by atoms with Crippen molar-refractivity contribution < 1.29 is 24.4 Å². The van der Waals surface area contributed by atoms with Gasteiger partial charge in [-0.3, -0.25) is 10.1 Å². The minimum absolute atomic E-state index is 0.0828. The molecule has 1 aromatic carbocycles. The van der Waals surface area contributed by atoms with Crippen molar-refractivity contribution in [3.63, 3.8) is 0 Å². The number of non-ortho nitro benzene ring substituents is 1. The molecule has 2 N–H and O–H groups in total. The van der Waals surface area contributed by atoms with Gasteiger partial charge in [-0.15, -0.1) is 0 Å². The number of carbonyl (C=O) groups excluding carboxylic acids is 1. The zero-order valence-electron chi connectivity index (χ0n) is 14.1. The molecule has 0 saturated carbocycles. The van der Waals surface area contributed by atoms with Crippen LogP contribution >= 0.6 is 0 Å². The van der Waals surface area contributed by atoms with E-state index >= 15 is 0 Å². The first-order valence-electron chi connectivity index (χ1n) is 7.51. The Labute approximate surface area is 140 Å². The van der Waals surface area contributed by atoms with E-state index in [0.717, 1.165) is 0 Å². The van der Waals surface area contributed by atoms with Crippen molar-refractivity contribution in [3.8, 4) is 0 Å². The minimum atomic E-state index is -1.20. The van der Waals surface area contributed by atoms with Gasteiger partial charge in [0, 0.05) is 18.1 Å². The van der Waals surface area contributed by atoms with Crippen LogP contribution in [0.25, 0.3) is 0 Å². The Balaban J connectivity index is 3.00. The van der Waals surface area contributed by atoms with Crippen molar-refractivity contribution in [1.82, 2.24) is 5.32 Å². The maximum absolute atomic E-state index is 11.9. The molecule has 0 aliphatic carbocycles. The number of alkyl carbamates (subject to hydrolysis) is 1. The number of benzene rings is 1. The summed E-state index contributed by atoms with van der Waals surface area (Å²) >= 11 is 0. The van der Waals surface area contributed by atoms with Crippen LogP contribution in [0.1, 0.15) is 45.6 Å². The van der Waals surface area contributed by atoms with Crippen LogP contribution in [0.3, 0.4) is 0 Å². The average Bonchev–Trinajstić information content (AvgIpc) is 2.45. The average molecular weight is 338 g/mol. The molecule has 0 aromatic heterocycles. The number of nitrogens with one attached hydrogen (secondary N) is 1. The molecule has 132 valence electrons. The SMILES string of the molecule is CCC(c1ccc([N+](=O)[O-])cc1)C(NC(=O)OC(C)(C)C)C(=O)O. The van der Waals surface area contributed by atoms with Gasteiger partial charge in [0.1, 0.15) is 11.6 Å². The quantitative estimate of drug-likeness (QED) is 0.608. The van der Waals surface area contributed by atoms with Crippen molar-refractivity contribution in [2.45, 2.75) is 51.7 Å². The molecule has 1 rings (SSSR count). The highest BCUT2D eigenvalue weighted by atomic mass is 16.6. The van der Waals surface area contributed by atoms with Gasteiger partial charge in [0.15, 0.2) is 0 Å². The van der Waals surface area contributed by atoms with Crippen molar-refractivity contribution in [2.24, 2.45) is 0 Å². The minimum Gasteiger partial charge on any atom is -0.480 e. The normalized spacial score (nSPS) is 13.7. The van der Waals surface area contributed by atoms with Crippen molar-refractivity contribution in [2.75, 3.05) is 0 Å². The Morgan fingerprint density at radius 1 is 1.29 bits per heavy atom. The second-order valence-corrected chi connectivity index (χ2v) is 6.33. The topological polar surface area (TPSA) is 119 Å². The maximum Gasteiger partial charge on any atom is 0.408 e. The van der Waals surface area contributed by atoms with Gasteiger partial charge in [0.05, 0.1) is 4.92 Å². The Bertz CT molecular complexity index is 606. The fourth-order valence-electron chi connectivity index (χ4n) is 2.28. The Morgan fingerprint density at radius 3 is 2.21 bits per heavy atom. The number of nitro benzene ring substituents is 1. The van der Waals surface area contributed by atoms with Gasteiger partial charge in [-0.25, -0.2) is 9.59 Å². The summed E-state index contributed by atoms with van der Waals surface area (Å²) in [6.07, 6.45) is -0.403. The van der Waals surface area contributed by atoms with Crippen LogP contribution in [0.2, 0.25) is 0 Å². The molecule has 8 nitrogen and oxygen atoms in total. The molecule has 0 heterocycles. The number of aliphatic carboxylic acids is 1. The standard InChI is InChI=1S/C16H22N2O6/c1-5-12(10-6-8-11(9-7-10)18(22)23)13(14(19)20)17-15(21)24-16(2,3)4/h6-9,12-13H,5H2,1-4H3,(H,17,21)(H,19,20).